The molecule has 17 heavy (non-hydrogen) atoms. The van der Waals surface area contributed by atoms with E-state index in [4.69, 9.17) is 21.4 Å². The number of furan rings is 1. The van der Waals surface area contributed by atoms with Gasteiger partial charge < -0.3 is 13.7 Å². The van der Waals surface area contributed by atoms with E-state index in [9.17, 15) is 0 Å². The maximum Gasteiger partial charge on any atom is 0.195 e. The van der Waals surface area contributed by atoms with Gasteiger partial charge in [0.15, 0.2) is 4.77 Å². The molecule has 0 spiro atoms. The van der Waals surface area contributed by atoms with Crippen molar-refractivity contribution in [1.82, 2.24) is 14.8 Å². The van der Waals surface area contributed by atoms with Crippen molar-refractivity contribution < 1.29 is 9.15 Å². The van der Waals surface area contributed by atoms with Gasteiger partial charge in [0.2, 0.25) is 0 Å². The number of nitrogens with zero attached hydrogens (tertiary/aromatic N) is 2. The highest BCUT2D eigenvalue weighted by atomic mass is 32.1. The highest BCUT2D eigenvalue weighted by Gasteiger charge is 2.07. The molecule has 92 valence electrons. The quantitative estimate of drug-likeness (QED) is 0.800. The van der Waals surface area contributed by atoms with Crippen LogP contribution in [-0.2, 0) is 24.1 Å². The summed E-state index contributed by atoms with van der Waals surface area (Å²) in [5, 5.41) is 7.02. The average Bonchev–Trinajstić information content (AvgIpc) is 2.94. The van der Waals surface area contributed by atoms with Gasteiger partial charge in [-0.1, -0.05) is 0 Å². The number of aromatic amines is 1. The van der Waals surface area contributed by atoms with E-state index in [-0.39, 0.29) is 0 Å². The summed E-state index contributed by atoms with van der Waals surface area (Å²) < 4.78 is 12.9. The Bertz CT molecular complexity index is 501. The van der Waals surface area contributed by atoms with Gasteiger partial charge in [-0.2, -0.15) is 5.10 Å². The summed E-state index contributed by atoms with van der Waals surface area (Å²) in [7, 11) is 1.67. The molecule has 0 unspecified atom stereocenters. The summed E-state index contributed by atoms with van der Waals surface area (Å²) in [5.74, 6) is 1.89. The third-order valence-corrected chi connectivity index (χ3v) is 2.84. The minimum absolute atomic E-state index is 0.627. The number of nitrogens with one attached hydrogen (secondary N) is 1. The van der Waals surface area contributed by atoms with Gasteiger partial charge in [0.1, 0.15) is 11.6 Å². The number of hydrogen-bond acceptors (Lipinski definition) is 4. The van der Waals surface area contributed by atoms with Crippen molar-refractivity contribution in [3.8, 4) is 0 Å². The van der Waals surface area contributed by atoms with Crippen LogP contribution in [0.2, 0.25) is 0 Å². The molecule has 5 nitrogen and oxygen atoms in total. The Labute approximate surface area is 104 Å². The normalized spacial score (nSPS) is 10.9. The van der Waals surface area contributed by atoms with Crippen LogP contribution in [-0.4, -0.2) is 28.5 Å². The van der Waals surface area contributed by atoms with Crippen LogP contribution in [0.15, 0.2) is 22.8 Å². The Morgan fingerprint density at radius 3 is 3.12 bits per heavy atom. The predicted molar refractivity (Wildman–Crippen MR) is 65.4 cm³/mol. The van der Waals surface area contributed by atoms with Crippen molar-refractivity contribution in [2.24, 2.45) is 0 Å². The molecule has 0 atom stereocenters. The number of methoxy groups -OCH3 is 1. The van der Waals surface area contributed by atoms with Gasteiger partial charge in [0.25, 0.3) is 0 Å². The Hall–Kier alpha value is -1.40. The number of aromatic nitrogens is 3. The summed E-state index contributed by atoms with van der Waals surface area (Å²) >= 11 is 5.17. The van der Waals surface area contributed by atoms with Crippen LogP contribution in [0.3, 0.4) is 0 Å². The Balaban J connectivity index is 2.02. The van der Waals surface area contributed by atoms with Gasteiger partial charge in [0, 0.05) is 26.5 Å². The van der Waals surface area contributed by atoms with Crippen LogP contribution >= 0.6 is 12.2 Å². The molecule has 1 N–H and O–H groups in total. The first-order chi connectivity index (χ1) is 8.31. The zero-order chi connectivity index (χ0) is 12.1. The first-order valence-electron chi connectivity index (χ1n) is 5.46. The van der Waals surface area contributed by atoms with E-state index in [0.717, 1.165) is 31.0 Å². The molecule has 2 heterocycles. The molecule has 0 saturated carbocycles. The van der Waals surface area contributed by atoms with Gasteiger partial charge in [-0.25, -0.2) is 0 Å². The second kappa shape index (κ2) is 5.79. The molecule has 0 amide bonds. The Kier molecular flexibility index (Phi) is 4.11. The number of aryl methyl sites for hydroxylation is 2. The average molecular weight is 253 g/mol. The van der Waals surface area contributed by atoms with Crippen LogP contribution in [0.1, 0.15) is 11.6 Å². The summed E-state index contributed by atoms with van der Waals surface area (Å²) in [5.41, 5.74) is 0. The Morgan fingerprint density at radius 2 is 2.41 bits per heavy atom. The second-order valence-corrected chi connectivity index (χ2v) is 4.06. The molecule has 0 aromatic carbocycles. The van der Waals surface area contributed by atoms with Crippen molar-refractivity contribution in [1.29, 1.82) is 0 Å². The molecular formula is C11H15N3O2S. The van der Waals surface area contributed by atoms with Crippen molar-refractivity contribution in [3.63, 3.8) is 0 Å². The van der Waals surface area contributed by atoms with Crippen LogP contribution in [0, 0.1) is 4.77 Å². The third kappa shape index (κ3) is 3.04. The van der Waals surface area contributed by atoms with Crippen LogP contribution in [0.25, 0.3) is 0 Å². The lowest BCUT2D eigenvalue weighted by atomic mass is 10.2. The summed E-state index contributed by atoms with van der Waals surface area (Å²) in [6.07, 6.45) is 3.29. The maximum atomic E-state index is 5.29. The van der Waals surface area contributed by atoms with Gasteiger partial charge in [0.05, 0.1) is 12.9 Å². The number of rotatable bonds is 6. The van der Waals surface area contributed by atoms with E-state index in [1.807, 2.05) is 16.7 Å². The molecule has 0 radical (unpaired) electrons. The molecular weight excluding hydrogens is 238 g/mol. The molecule has 0 bridgehead atoms. The summed E-state index contributed by atoms with van der Waals surface area (Å²) in [6, 6.07) is 3.85. The molecule has 0 aliphatic rings. The van der Waals surface area contributed by atoms with Crippen LogP contribution in [0.5, 0.6) is 0 Å². The van der Waals surface area contributed by atoms with Gasteiger partial charge >= 0.3 is 0 Å². The third-order valence-electron chi connectivity index (χ3n) is 2.53. The van der Waals surface area contributed by atoms with E-state index >= 15 is 0 Å². The van der Waals surface area contributed by atoms with Crippen molar-refractivity contribution >= 4 is 12.2 Å². The van der Waals surface area contributed by atoms with E-state index in [2.05, 4.69) is 10.2 Å². The minimum atomic E-state index is 0.627. The monoisotopic (exact) mass is 253 g/mol. The lowest BCUT2D eigenvalue weighted by Crippen LogP contribution is -2.09. The van der Waals surface area contributed by atoms with Gasteiger partial charge in [-0.05, 0) is 24.4 Å². The second-order valence-electron chi connectivity index (χ2n) is 3.67. The standard InChI is InChI=1S/C11H15N3O2S/c1-15-8-6-14-10(12-13-11(14)17)5-4-9-3-2-7-16-9/h2-3,7H,4-6,8H2,1H3,(H,13,17). The van der Waals surface area contributed by atoms with Crippen molar-refractivity contribution in [2.75, 3.05) is 13.7 Å². The largest absolute Gasteiger partial charge is 0.469 e. The lowest BCUT2D eigenvalue weighted by molar-refractivity contribution is 0.186. The predicted octanol–water partition coefficient (Wildman–Crippen LogP) is 1.97. The van der Waals surface area contributed by atoms with E-state index in [1.165, 1.54) is 0 Å². The highest BCUT2D eigenvalue weighted by Crippen LogP contribution is 2.06. The fourth-order valence-corrected chi connectivity index (χ4v) is 1.89. The lowest BCUT2D eigenvalue weighted by Gasteiger charge is -2.04. The van der Waals surface area contributed by atoms with Gasteiger partial charge in [-0.15, -0.1) is 0 Å². The summed E-state index contributed by atoms with van der Waals surface area (Å²) in [6.45, 7) is 1.35. The first kappa shape index (κ1) is 12.1. The molecule has 0 aliphatic heterocycles. The SMILES string of the molecule is COCCn1c(CCc2ccco2)n[nH]c1=S. The molecule has 2 rings (SSSR count). The maximum absolute atomic E-state index is 5.29. The molecule has 2 aromatic rings. The van der Waals surface area contributed by atoms with E-state index in [0.29, 0.717) is 11.4 Å². The topological polar surface area (TPSA) is 56.0 Å². The smallest absolute Gasteiger partial charge is 0.195 e. The number of ether oxygens (including phenoxy) is 1. The van der Waals surface area contributed by atoms with Crippen molar-refractivity contribution in [2.45, 2.75) is 19.4 Å². The van der Waals surface area contributed by atoms with E-state index in [1.54, 1.807) is 13.4 Å². The molecule has 6 heteroatoms. The van der Waals surface area contributed by atoms with Crippen LogP contribution < -0.4 is 0 Å². The fraction of sp³-hybridized carbons (Fsp3) is 0.455. The first-order valence-corrected chi connectivity index (χ1v) is 5.87. The van der Waals surface area contributed by atoms with E-state index < -0.39 is 0 Å². The fourth-order valence-electron chi connectivity index (χ4n) is 1.64. The summed E-state index contributed by atoms with van der Waals surface area (Å²) in [4.78, 5) is 0. The minimum Gasteiger partial charge on any atom is -0.469 e. The van der Waals surface area contributed by atoms with Crippen LogP contribution in [0.4, 0.5) is 0 Å². The zero-order valence-electron chi connectivity index (χ0n) is 9.68. The number of H-pyrrole nitrogens is 1. The molecule has 0 aliphatic carbocycles. The number of hydrogen-bond donors (Lipinski definition) is 1. The van der Waals surface area contributed by atoms with Gasteiger partial charge in [-0.3, -0.25) is 5.10 Å². The van der Waals surface area contributed by atoms with Crippen molar-refractivity contribution in [3.05, 3.63) is 34.8 Å². The molecule has 2 aromatic heterocycles. The highest BCUT2D eigenvalue weighted by molar-refractivity contribution is 7.71. The Morgan fingerprint density at radius 1 is 1.53 bits per heavy atom. The molecule has 0 fully saturated rings. The molecule has 0 saturated heterocycles. The zero-order valence-corrected chi connectivity index (χ0v) is 10.5.